The molecule has 0 aliphatic carbocycles. The lowest BCUT2D eigenvalue weighted by molar-refractivity contribution is -0.310. The highest BCUT2D eigenvalue weighted by molar-refractivity contribution is 5.66. The first-order valence-electron chi connectivity index (χ1n) is 7.08. The van der Waals surface area contributed by atoms with Crippen LogP contribution in [-0.4, -0.2) is 81.8 Å². The van der Waals surface area contributed by atoms with Gasteiger partial charge in [0, 0.05) is 35.2 Å². The van der Waals surface area contributed by atoms with Crippen LogP contribution in [0, 0.1) is 0 Å². The lowest BCUT2D eigenvalue weighted by Crippen LogP contribution is -2.63. The van der Waals surface area contributed by atoms with Crippen molar-refractivity contribution in [1.29, 1.82) is 0 Å². The number of aliphatic hydroxyl groups is 1. The van der Waals surface area contributed by atoms with Crippen LogP contribution < -0.4 is 0 Å². The molecular formula is C14H24O9. The number of esters is 2. The van der Waals surface area contributed by atoms with E-state index in [1.165, 1.54) is 35.2 Å². The summed E-state index contributed by atoms with van der Waals surface area (Å²) in [7, 11) is 4.16. The summed E-state index contributed by atoms with van der Waals surface area (Å²) in [6.45, 7) is 2.40. The molecule has 134 valence electrons. The molecule has 0 radical (unpaired) electrons. The Morgan fingerprint density at radius 3 is 2.09 bits per heavy atom. The molecule has 1 aliphatic heterocycles. The van der Waals surface area contributed by atoms with Crippen molar-refractivity contribution in [1.82, 2.24) is 0 Å². The fraction of sp³-hybridized carbons (Fsp3) is 0.857. The van der Waals surface area contributed by atoms with E-state index >= 15 is 0 Å². The number of hydrogen-bond donors (Lipinski definition) is 1. The van der Waals surface area contributed by atoms with Gasteiger partial charge in [-0.3, -0.25) is 9.59 Å². The number of hydrogen-bond acceptors (Lipinski definition) is 9. The molecule has 1 N–H and O–H groups in total. The van der Waals surface area contributed by atoms with Crippen LogP contribution in [0.25, 0.3) is 0 Å². The third-order valence-corrected chi connectivity index (χ3v) is 3.52. The maximum atomic E-state index is 11.3. The molecule has 1 fully saturated rings. The van der Waals surface area contributed by atoms with Gasteiger partial charge in [0.1, 0.15) is 31.0 Å². The van der Waals surface area contributed by atoms with Gasteiger partial charge in [-0.15, -0.1) is 0 Å². The lowest BCUT2D eigenvalue weighted by Gasteiger charge is -2.44. The molecule has 1 aliphatic rings. The predicted molar refractivity (Wildman–Crippen MR) is 75.5 cm³/mol. The Balaban J connectivity index is 3.00. The third kappa shape index (κ3) is 5.11. The Bertz CT molecular complexity index is 400. The number of ether oxygens (including phenoxy) is 6. The molecule has 1 heterocycles. The summed E-state index contributed by atoms with van der Waals surface area (Å²) in [5.74, 6) is -1.04. The summed E-state index contributed by atoms with van der Waals surface area (Å²) in [5.41, 5.74) is 0. The monoisotopic (exact) mass is 336 g/mol. The molecule has 0 bridgehead atoms. The first kappa shape index (κ1) is 19.8. The van der Waals surface area contributed by atoms with Crippen molar-refractivity contribution in [3.8, 4) is 0 Å². The Kier molecular flexibility index (Phi) is 7.86. The largest absolute Gasteiger partial charge is 0.463 e. The average molecular weight is 336 g/mol. The van der Waals surface area contributed by atoms with Gasteiger partial charge in [-0.05, 0) is 0 Å². The summed E-state index contributed by atoms with van der Waals surface area (Å²) in [6, 6.07) is 0. The summed E-state index contributed by atoms with van der Waals surface area (Å²) in [5, 5.41) is 10.1. The number of aliphatic hydroxyl groups excluding tert-OH is 1. The molecule has 0 spiro atoms. The number of methoxy groups -OCH3 is 3. The van der Waals surface area contributed by atoms with Crippen molar-refractivity contribution >= 4 is 11.9 Å². The van der Waals surface area contributed by atoms with Crippen molar-refractivity contribution < 1.29 is 43.1 Å². The number of carbonyl (C=O) groups is 2. The maximum absolute atomic E-state index is 11.3. The summed E-state index contributed by atoms with van der Waals surface area (Å²) >= 11 is 0. The lowest BCUT2D eigenvalue weighted by atomic mass is 9.94. The van der Waals surface area contributed by atoms with Crippen molar-refractivity contribution in [3.05, 3.63) is 0 Å². The molecule has 9 heteroatoms. The topological polar surface area (TPSA) is 110 Å². The molecule has 0 aromatic rings. The minimum atomic E-state index is -1.37. The molecule has 9 nitrogen and oxygen atoms in total. The van der Waals surface area contributed by atoms with E-state index in [-0.39, 0.29) is 6.61 Å². The van der Waals surface area contributed by atoms with Crippen molar-refractivity contribution in [2.24, 2.45) is 0 Å². The average Bonchev–Trinajstić information content (AvgIpc) is 2.47. The zero-order valence-corrected chi connectivity index (χ0v) is 13.9. The molecular weight excluding hydrogens is 312 g/mol. The van der Waals surface area contributed by atoms with E-state index < -0.39 is 48.7 Å². The minimum Gasteiger partial charge on any atom is -0.463 e. The van der Waals surface area contributed by atoms with Gasteiger partial charge in [0.05, 0.1) is 0 Å². The zero-order chi connectivity index (χ0) is 17.6. The number of carbonyl (C=O) groups excluding carboxylic acids is 2. The molecule has 6 atom stereocenters. The quantitative estimate of drug-likeness (QED) is 0.600. The number of rotatable bonds is 7. The predicted octanol–water partition coefficient (Wildman–Crippen LogP) is -0.757. The van der Waals surface area contributed by atoms with Crippen molar-refractivity contribution in [3.63, 3.8) is 0 Å². The van der Waals surface area contributed by atoms with E-state index in [2.05, 4.69) is 0 Å². The molecule has 1 rings (SSSR count). The molecule has 23 heavy (non-hydrogen) atoms. The first-order valence-corrected chi connectivity index (χ1v) is 7.08. The van der Waals surface area contributed by atoms with Gasteiger partial charge in [0.25, 0.3) is 0 Å². The third-order valence-electron chi connectivity index (χ3n) is 3.52. The van der Waals surface area contributed by atoms with Crippen LogP contribution in [-0.2, 0) is 38.0 Å². The Morgan fingerprint density at radius 1 is 1.04 bits per heavy atom. The fourth-order valence-electron chi connectivity index (χ4n) is 2.49. The zero-order valence-electron chi connectivity index (χ0n) is 13.9. The van der Waals surface area contributed by atoms with Crippen LogP contribution in [0.3, 0.4) is 0 Å². The summed E-state index contributed by atoms with van der Waals surface area (Å²) in [4.78, 5) is 22.3. The van der Waals surface area contributed by atoms with Crippen LogP contribution in [0.4, 0.5) is 0 Å². The van der Waals surface area contributed by atoms with Gasteiger partial charge < -0.3 is 33.5 Å². The molecule has 1 saturated heterocycles. The van der Waals surface area contributed by atoms with Gasteiger partial charge >= 0.3 is 11.9 Å². The summed E-state index contributed by atoms with van der Waals surface area (Å²) in [6.07, 6.45) is -5.55. The van der Waals surface area contributed by atoms with E-state index in [1.54, 1.807) is 0 Å². The van der Waals surface area contributed by atoms with E-state index in [9.17, 15) is 14.7 Å². The van der Waals surface area contributed by atoms with Crippen LogP contribution in [0.15, 0.2) is 0 Å². The molecule has 0 amide bonds. The second-order valence-corrected chi connectivity index (χ2v) is 5.04. The SMILES string of the molecule is CO[C@@H]1[C@@H]([C@@H](COC(C)=O)OC)OC(O)[C@H](OC)[C@H]1OC(C)=O. The van der Waals surface area contributed by atoms with Gasteiger partial charge in [-0.1, -0.05) is 0 Å². The van der Waals surface area contributed by atoms with Gasteiger partial charge in [-0.2, -0.15) is 0 Å². The highest BCUT2D eigenvalue weighted by Gasteiger charge is 2.51. The minimum absolute atomic E-state index is 0.104. The molecule has 0 aromatic carbocycles. The van der Waals surface area contributed by atoms with Crippen molar-refractivity contribution in [2.75, 3.05) is 27.9 Å². The summed E-state index contributed by atoms with van der Waals surface area (Å²) < 4.78 is 31.4. The van der Waals surface area contributed by atoms with Gasteiger partial charge in [0.15, 0.2) is 12.4 Å². The maximum Gasteiger partial charge on any atom is 0.303 e. The van der Waals surface area contributed by atoms with Crippen LogP contribution >= 0.6 is 0 Å². The Morgan fingerprint density at radius 2 is 1.65 bits per heavy atom. The standard InChI is InChI=1S/C14H24O9/c1-7(15)21-6-9(18-3)10-11(19-4)12(22-8(2)16)13(20-5)14(17)23-10/h9-14,17H,6H2,1-5H3/t9-,10-,11-,12+,13-,14?/m1/s1. The first-order chi connectivity index (χ1) is 10.8. The second kappa shape index (κ2) is 9.14. The highest BCUT2D eigenvalue weighted by Crippen LogP contribution is 2.29. The van der Waals surface area contributed by atoms with Crippen LogP contribution in [0.5, 0.6) is 0 Å². The smallest absolute Gasteiger partial charge is 0.303 e. The highest BCUT2D eigenvalue weighted by atomic mass is 16.7. The van der Waals surface area contributed by atoms with Gasteiger partial charge in [0.2, 0.25) is 0 Å². The van der Waals surface area contributed by atoms with Crippen LogP contribution in [0.1, 0.15) is 13.8 Å². The Hall–Kier alpha value is -1.26. The van der Waals surface area contributed by atoms with E-state index in [4.69, 9.17) is 28.4 Å². The van der Waals surface area contributed by atoms with Crippen LogP contribution in [0.2, 0.25) is 0 Å². The van der Waals surface area contributed by atoms with E-state index in [1.807, 2.05) is 0 Å². The molecule has 0 aromatic heterocycles. The van der Waals surface area contributed by atoms with E-state index in [0.717, 1.165) is 0 Å². The fourth-order valence-corrected chi connectivity index (χ4v) is 2.49. The normalized spacial score (nSPS) is 32.2. The van der Waals surface area contributed by atoms with E-state index in [0.29, 0.717) is 0 Å². The molecule has 1 unspecified atom stereocenters. The van der Waals surface area contributed by atoms with Gasteiger partial charge in [-0.25, -0.2) is 0 Å². The molecule has 0 saturated carbocycles. The Labute approximate surface area is 134 Å². The van der Waals surface area contributed by atoms with Crippen molar-refractivity contribution in [2.45, 2.75) is 50.7 Å². The second-order valence-electron chi connectivity index (χ2n) is 5.04.